The third-order valence-electron chi connectivity index (χ3n) is 3.11. The van der Waals surface area contributed by atoms with Gasteiger partial charge in [-0.05, 0) is 29.9 Å². The first-order valence-electron chi connectivity index (χ1n) is 6.03. The monoisotopic (exact) mass is 216 g/mol. The highest BCUT2D eigenvalue weighted by Gasteiger charge is 2.23. The minimum Gasteiger partial charge on any atom is -0.387 e. The van der Waals surface area contributed by atoms with Crippen LogP contribution >= 0.6 is 0 Å². The summed E-state index contributed by atoms with van der Waals surface area (Å²) < 4.78 is 0. The Morgan fingerprint density at radius 1 is 1.31 bits per heavy atom. The predicted molar refractivity (Wildman–Crippen MR) is 68.7 cm³/mol. The van der Waals surface area contributed by atoms with Crippen molar-refractivity contribution in [1.82, 2.24) is 0 Å². The summed E-state index contributed by atoms with van der Waals surface area (Å²) >= 11 is 0. The molecular weight excluding hydrogens is 196 g/mol. The van der Waals surface area contributed by atoms with Crippen LogP contribution in [0.5, 0.6) is 0 Å². The number of rotatable bonds is 3. The van der Waals surface area contributed by atoms with Crippen LogP contribution < -0.4 is 5.73 Å². The Hall–Kier alpha value is -1.31. The largest absolute Gasteiger partial charge is 0.387 e. The van der Waals surface area contributed by atoms with Gasteiger partial charge >= 0.3 is 0 Å². The zero-order valence-corrected chi connectivity index (χ0v) is 10.1. The maximum atomic E-state index is 6.06. The zero-order valence-electron chi connectivity index (χ0n) is 10.1. The van der Waals surface area contributed by atoms with Crippen LogP contribution in [-0.2, 0) is 12.8 Å². The molecule has 2 nitrogen and oxygen atoms in total. The van der Waals surface area contributed by atoms with Gasteiger partial charge in [0.1, 0.15) is 0 Å². The molecule has 0 fully saturated rings. The topological polar surface area (TPSA) is 38.4 Å². The van der Waals surface area contributed by atoms with E-state index in [1.807, 2.05) is 0 Å². The Bertz CT molecular complexity index is 368. The highest BCUT2D eigenvalue weighted by Crippen LogP contribution is 2.26. The maximum absolute atomic E-state index is 6.06. The summed E-state index contributed by atoms with van der Waals surface area (Å²) in [6.45, 7) is 5.18. The second-order valence-electron chi connectivity index (χ2n) is 5.03. The van der Waals surface area contributed by atoms with E-state index in [0.29, 0.717) is 11.8 Å². The Labute approximate surface area is 97.6 Å². The highest BCUT2D eigenvalue weighted by molar-refractivity contribution is 5.84. The number of benzene rings is 1. The van der Waals surface area contributed by atoms with Crippen LogP contribution in [0.2, 0.25) is 0 Å². The van der Waals surface area contributed by atoms with Gasteiger partial charge in [0.05, 0.1) is 5.84 Å². The lowest BCUT2D eigenvalue weighted by Crippen LogP contribution is -2.25. The van der Waals surface area contributed by atoms with Gasteiger partial charge in [-0.2, -0.15) is 0 Å². The highest BCUT2D eigenvalue weighted by atomic mass is 14.9. The van der Waals surface area contributed by atoms with Gasteiger partial charge in [0.25, 0.3) is 0 Å². The summed E-state index contributed by atoms with van der Waals surface area (Å²) in [5.41, 5.74) is 8.94. The molecule has 1 aromatic carbocycles. The quantitative estimate of drug-likeness (QED) is 0.611. The number of aliphatic imine (C=N–C) groups is 1. The number of amidine groups is 1. The molecule has 0 bridgehead atoms. The standard InChI is InChI=1S/C14H20N2/c1-10(2)9-16-14(15)13-7-11-5-3-4-6-12(11)8-13/h3-6,10,13H,7-9H2,1-2H3,(H2,15,16). The average molecular weight is 216 g/mol. The lowest BCUT2D eigenvalue weighted by atomic mass is 10.1. The summed E-state index contributed by atoms with van der Waals surface area (Å²) in [6.07, 6.45) is 2.12. The van der Waals surface area contributed by atoms with E-state index in [4.69, 9.17) is 5.73 Å². The maximum Gasteiger partial charge on any atom is 0.0975 e. The fraction of sp³-hybridized carbons (Fsp3) is 0.500. The molecule has 0 saturated carbocycles. The lowest BCUT2D eigenvalue weighted by Gasteiger charge is -2.09. The van der Waals surface area contributed by atoms with Gasteiger partial charge in [-0.25, -0.2) is 0 Å². The number of hydrogen-bond acceptors (Lipinski definition) is 1. The van der Waals surface area contributed by atoms with Crippen molar-refractivity contribution in [3.63, 3.8) is 0 Å². The molecule has 0 atom stereocenters. The van der Waals surface area contributed by atoms with Gasteiger partial charge < -0.3 is 5.73 Å². The molecule has 0 saturated heterocycles. The molecule has 1 aromatic rings. The van der Waals surface area contributed by atoms with E-state index in [-0.39, 0.29) is 0 Å². The van der Waals surface area contributed by atoms with Crippen LogP contribution in [0.1, 0.15) is 25.0 Å². The summed E-state index contributed by atoms with van der Waals surface area (Å²) in [7, 11) is 0. The average Bonchev–Trinajstić information content (AvgIpc) is 2.69. The molecule has 16 heavy (non-hydrogen) atoms. The predicted octanol–water partition coefficient (Wildman–Crippen LogP) is 2.41. The number of fused-ring (bicyclic) bond motifs is 1. The van der Waals surface area contributed by atoms with E-state index < -0.39 is 0 Å². The second kappa shape index (κ2) is 4.69. The van der Waals surface area contributed by atoms with Gasteiger partial charge in [0, 0.05) is 12.5 Å². The SMILES string of the molecule is CC(C)CN=C(N)C1Cc2ccccc2C1. The Kier molecular flexibility index (Phi) is 3.28. The third kappa shape index (κ3) is 2.43. The third-order valence-corrected chi connectivity index (χ3v) is 3.11. The van der Waals surface area contributed by atoms with Crippen LogP contribution in [0.15, 0.2) is 29.3 Å². The van der Waals surface area contributed by atoms with Gasteiger partial charge in [-0.15, -0.1) is 0 Å². The van der Waals surface area contributed by atoms with Crippen molar-refractivity contribution in [3.05, 3.63) is 35.4 Å². The van der Waals surface area contributed by atoms with E-state index in [0.717, 1.165) is 25.2 Å². The van der Waals surface area contributed by atoms with Crippen LogP contribution in [0.4, 0.5) is 0 Å². The zero-order chi connectivity index (χ0) is 11.5. The molecule has 2 heteroatoms. The smallest absolute Gasteiger partial charge is 0.0975 e. The molecule has 0 aliphatic heterocycles. The Morgan fingerprint density at radius 2 is 1.88 bits per heavy atom. The first kappa shape index (κ1) is 11.2. The van der Waals surface area contributed by atoms with E-state index >= 15 is 0 Å². The fourth-order valence-electron chi connectivity index (χ4n) is 2.19. The molecule has 2 N–H and O–H groups in total. The van der Waals surface area contributed by atoms with Crippen LogP contribution in [0, 0.1) is 11.8 Å². The number of nitrogens with zero attached hydrogens (tertiary/aromatic N) is 1. The van der Waals surface area contributed by atoms with Gasteiger partial charge in [0.2, 0.25) is 0 Å². The molecule has 2 rings (SSSR count). The van der Waals surface area contributed by atoms with Gasteiger partial charge in [0.15, 0.2) is 0 Å². The van der Waals surface area contributed by atoms with Crippen LogP contribution in [0.3, 0.4) is 0 Å². The first-order chi connectivity index (χ1) is 7.66. The van der Waals surface area contributed by atoms with Crippen molar-refractivity contribution in [2.75, 3.05) is 6.54 Å². The molecule has 1 aliphatic carbocycles. The molecule has 0 radical (unpaired) electrons. The Balaban J connectivity index is 2.03. The van der Waals surface area contributed by atoms with E-state index in [9.17, 15) is 0 Å². The van der Waals surface area contributed by atoms with Gasteiger partial charge in [-0.3, -0.25) is 4.99 Å². The molecule has 0 aromatic heterocycles. The summed E-state index contributed by atoms with van der Waals surface area (Å²) in [5.74, 6) is 1.85. The van der Waals surface area contributed by atoms with E-state index in [1.54, 1.807) is 0 Å². The molecule has 0 spiro atoms. The molecule has 0 heterocycles. The van der Waals surface area contributed by atoms with E-state index in [2.05, 4.69) is 43.1 Å². The second-order valence-corrected chi connectivity index (χ2v) is 5.03. The fourth-order valence-corrected chi connectivity index (χ4v) is 2.19. The Morgan fingerprint density at radius 3 is 2.38 bits per heavy atom. The summed E-state index contributed by atoms with van der Waals surface area (Å²) in [4.78, 5) is 4.48. The molecular formula is C14H20N2. The molecule has 0 amide bonds. The minimum atomic E-state index is 0.427. The molecule has 0 unspecified atom stereocenters. The number of hydrogen-bond donors (Lipinski definition) is 1. The first-order valence-corrected chi connectivity index (χ1v) is 6.03. The summed E-state index contributed by atoms with van der Waals surface area (Å²) in [6, 6.07) is 8.60. The molecule has 1 aliphatic rings. The normalized spacial score (nSPS) is 16.8. The lowest BCUT2D eigenvalue weighted by molar-refractivity contribution is 0.652. The van der Waals surface area contributed by atoms with Crippen molar-refractivity contribution < 1.29 is 0 Å². The summed E-state index contributed by atoms with van der Waals surface area (Å²) in [5, 5.41) is 0. The number of nitrogens with two attached hydrogens (primary N) is 1. The van der Waals surface area contributed by atoms with Crippen molar-refractivity contribution >= 4 is 5.84 Å². The van der Waals surface area contributed by atoms with Gasteiger partial charge in [-0.1, -0.05) is 38.1 Å². The van der Waals surface area contributed by atoms with Crippen LogP contribution in [0.25, 0.3) is 0 Å². The van der Waals surface area contributed by atoms with Crippen molar-refractivity contribution in [2.24, 2.45) is 22.6 Å². The van der Waals surface area contributed by atoms with Crippen molar-refractivity contribution in [3.8, 4) is 0 Å². The van der Waals surface area contributed by atoms with E-state index in [1.165, 1.54) is 11.1 Å². The molecule has 86 valence electrons. The minimum absolute atomic E-state index is 0.427. The van der Waals surface area contributed by atoms with Crippen LogP contribution in [-0.4, -0.2) is 12.4 Å². The van der Waals surface area contributed by atoms with Crippen molar-refractivity contribution in [1.29, 1.82) is 0 Å². The van der Waals surface area contributed by atoms with Crippen molar-refractivity contribution in [2.45, 2.75) is 26.7 Å².